The van der Waals surface area contributed by atoms with Crippen molar-refractivity contribution >= 4 is 40.5 Å². The van der Waals surface area contributed by atoms with E-state index in [9.17, 15) is 4.79 Å². The number of nitrogens with zero attached hydrogens (tertiary/aromatic N) is 2. The monoisotopic (exact) mass is 433 g/mol. The van der Waals surface area contributed by atoms with Gasteiger partial charge in [0.05, 0.1) is 5.71 Å². The molecule has 8 heteroatoms. The molecule has 2 N–H and O–H groups in total. The van der Waals surface area contributed by atoms with Gasteiger partial charge >= 0.3 is 0 Å². The molecule has 2 aromatic rings. The molecule has 29 heavy (non-hydrogen) atoms. The molecule has 2 atom stereocenters. The van der Waals surface area contributed by atoms with Crippen LogP contribution in [-0.4, -0.2) is 24.4 Å². The molecule has 3 rings (SSSR count). The summed E-state index contributed by atoms with van der Waals surface area (Å²) in [5, 5.41) is 9.31. The van der Waals surface area contributed by atoms with Crippen LogP contribution in [-0.2, 0) is 21.1 Å². The van der Waals surface area contributed by atoms with Crippen LogP contribution in [0.15, 0.2) is 52.8 Å². The van der Waals surface area contributed by atoms with E-state index >= 15 is 0 Å². The zero-order chi connectivity index (χ0) is 21.0. The molecule has 2 aromatic carbocycles. The first-order chi connectivity index (χ1) is 13.9. The molecule has 1 fully saturated rings. The summed E-state index contributed by atoms with van der Waals surface area (Å²) in [5.74, 6) is -0.207. The zero-order valence-electron chi connectivity index (χ0n) is 16.1. The number of hydrogen-bond acceptors (Lipinski definition) is 5. The van der Waals surface area contributed by atoms with E-state index in [0.29, 0.717) is 15.6 Å². The summed E-state index contributed by atoms with van der Waals surface area (Å²) >= 11 is 12.6. The number of carbonyl (C=O) groups excluding carboxylic acids is 1. The Morgan fingerprint density at radius 3 is 2.48 bits per heavy atom. The van der Waals surface area contributed by atoms with Gasteiger partial charge in [0, 0.05) is 27.1 Å². The van der Waals surface area contributed by atoms with Crippen LogP contribution in [0.3, 0.4) is 0 Å². The maximum absolute atomic E-state index is 11.7. The summed E-state index contributed by atoms with van der Waals surface area (Å²) in [5.41, 5.74) is 8.53. The SMILES string of the molecule is CON=C(C(N)=O)c1ccccc1CON=C(C)C1CC1c1c(Cl)cccc1Cl. The summed E-state index contributed by atoms with van der Waals surface area (Å²) in [6.45, 7) is 2.08. The molecule has 0 heterocycles. The van der Waals surface area contributed by atoms with Crippen molar-refractivity contribution in [3.63, 3.8) is 0 Å². The number of nitrogens with two attached hydrogens (primary N) is 1. The van der Waals surface area contributed by atoms with Gasteiger partial charge in [0.1, 0.15) is 13.7 Å². The van der Waals surface area contributed by atoms with Crippen molar-refractivity contribution < 1.29 is 14.5 Å². The number of carbonyl (C=O) groups is 1. The van der Waals surface area contributed by atoms with Crippen LogP contribution in [0.4, 0.5) is 0 Å². The Hall–Kier alpha value is -2.57. The Balaban J connectivity index is 1.68. The molecule has 2 unspecified atom stereocenters. The fourth-order valence-electron chi connectivity index (χ4n) is 3.31. The van der Waals surface area contributed by atoms with E-state index in [1.807, 2.05) is 37.3 Å². The molecule has 0 aromatic heterocycles. The molecular weight excluding hydrogens is 413 g/mol. The lowest BCUT2D eigenvalue weighted by molar-refractivity contribution is -0.112. The van der Waals surface area contributed by atoms with Gasteiger partial charge in [-0.1, -0.05) is 63.8 Å². The first-order valence-electron chi connectivity index (χ1n) is 9.03. The van der Waals surface area contributed by atoms with Crippen molar-refractivity contribution in [1.82, 2.24) is 0 Å². The lowest BCUT2D eigenvalue weighted by Crippen LogP contribution is -2.25. The van der Waals surface area contributed by atoms with Crippen molar-refractivity contribution in [2.24, 2.45) is 22.0 Å². The largest absolute Gasteiger partial charge is 0.398 e. The zero-order valence-corrected chi connectivity index (χ0v) is 17.6. The van der Waals surface area contributed by atoms with Gasteiger partial charge in [-0.3, -0.25) is 4.79 Å². The Morgan fingerprint density at radius 1 is 1.14 bits per heavy atom. The van der Waals surface area contributed by atoms with E-state index in [2.05, 4.69) is 10.3 Å². The molecule has 0 bridgehead atoms. The smallest absolute Gasteiger partial charge is 0.271 e. The number of oxime groups is 2. The number of primary amides is 1. The number of amides is 1. The van der Waals surface area contributed by atoms with E-state index in [4.69, 9.17) is 38.6 Å². The predicted molar refractivity (Wildman–Crippen MR) is 114 cm³/mol. The quantitative estimate of drug-likeness (QED) is 0.490. The highest BCUT2D eigenvalue weighted by atomic mass is 35.5. The summed E-state index contributed by atoms with van der Waals surface area (Å²) in [6, 6.07) is 12.7. The van der Waals surface area contributed by atoms with E-state index in [0.717, 1.165) is 23.3 Å². The molecule has 0 saturated heterocycles. The highest BCUT2D eigenvalue weighted by molar-refractivity contribution is 6.45. The third-order valence-corrected chi connectivity index (χ3v) is 5.47. The maximum atomic E-state index is 11.7. The highest BCUT2D eigenvalue weighted by Crippen LogP contribution is 2.52. The summed E-state index contributed by atoms with van der Waals surface area (Å²) in [4.78, 5) is 21.9. The Bertz CT molecular complexity index is 955. The molecule has 1 aliphatic carbocycles. The molecule has 0 spiro atoms. The fraction of sp³-hybridized carbons (Fsp3) is 0.286. The fourth-order valence-corrected chi connectivity index (χ4v) is 3.99. The molecule has 1 saturated carbocycles. The second-order valence-electron chi connectivity index (χ2n) is 6.73. The van der Waals surface area contributed by atoms with Crippen molar-refractivity contribution in [3.8, 4) is 0 Å². The highest BCUT2D eigenvalue weighted by Gasteiger charge is 2.43. The van der Waals surface area contributed by atoms with Crippen molar-refractivity contribution in [1.29, 1.82) is 0 Å². The van der Waals surface area contributed by atoms with Gasteiger partial charge in [-0.2, -0.15) is 0 Å². The van der Waals surface area contributed by atoms with E-state index < -0.39 is 5.91 Å². The minimum absolute atomic E-state index is 0.0306. The normalized spacial score (nSPS) is 19.0. The molecule has 0 aliphatic heterocycles. The maximum Gasteiger partial charge on any atom is 0.271 e. The average molecular weight is 434 g/mol. The van der Waals surface area contributed by atoms with Gasteiger partial charge < -0.3 is 15.4 Å². The van der Waals surface area contributed by atoms with Gasteiger partial charge in [0.25, 0.3) is 5.91 Å². The molecule has 152 valence electrons. The van der Waals surface area contributed by atoms with E-state index in [-0.39, 0.29) is 24.2 Å². The molecular formula is C21H21Cl2N3O3. The number of benzene rings is 2. The van der Waals surface area contributed by atoms with Crippen LogP contribution in [0.5, 0.6) is 0 Å². The second kappa shape index (κ2) is 9.29. The summed E-state index contributed by atoms with van der Waals surface area (Å²) in [6.07, 6.45) is 0.922. The van der Waals surface area contributed by atoms with Gasteiger partial charge in [0.15, 0.2) is 5.71 Å². The first-order valence-corrected chi connectivity index (χ1v) is 9.79. The molecule has 1 amide bonds. The Labute approximate surface area is 179 Å². The van der Waals surface area contributed by atoms with Crippen LogP contribution in [0, 0.1) is 5.92 Å². The topological polar surface area (TPSA) is 86.3 Å². The van der Waals surface area contributed by atoms with Gasteiger partial charge in [-0.25, -0.2) is 0 Å². The summed E-state index contributed by atoms with van der Waals surface area (Å²) in [7, 11) is 1.35. The molecule has 6 nitrogen and oxygen atoms in total. The minimum Gasteiger partial charge on any atom is -0.398 e. The van der Waals surface area contributed by atoms with E-state index in [1.54, 1.807) is 12.1 Å². The van der Waals surface area contributed by atoms with Gasteiger partial charge in [-0.05, 0) is 37.0 Å². The van der Waals surface area contributed by atoms with Crippen LogP contribution >= 0.6 is 23.2 Å². The number of rotatable bonds is 8. The first kappa shape index (κ1) is 21.1. The second-order valence-corrected chi connectivity index (χ2v) is 7.55. The number of hydrogen-bond donors (Lipinski definition) is 1. The van der Waals surface area contributed by atoms with Crippen LogP contribution in [0.25, 0.3) is 0 Å². The Morgan fingerprint density at radius 2 is 1.83 bits per heavy atom. The lowest BCUT2D eigenvalue weighted by Gasteiger charge is -2.09. The molecule has 0 radical (unpaired) electrons. The van der Waals surface area contributed by atoms with Crippen LogP contribution in [0.2, 0.25) is 10.0 Å². The van der Waals surface area contributed by atoms with Gasteiger partial charge in [-0.15, -0.1) is 0 Å². The third-order valence-electron chi connectivity index (χ3n) is 4.81. The van der Waals surface area contributed by atoms with Crippen molar-refractivity contribution in [3.05, 3.63) is 69.2 Å². The standard InChI is InChI=1S/C21H21Cl2N3O3/c1-12(15-10-16(15)19-17(22)8-5-9-18(19)23)25-29-11-13-6-3-4-7-14(13)20(21(24)27)26-28-2/h3-9,15-16H,10-11H2,1-2H3,(H2,24,27). The van der Waals surface area contributed by atoms with E-state index in [1.165, 1.54) is 7.11 Å². The summed E-state index contributed by atoms with van der Waals surface area (Å²) < 4.78 is 0. The lowest BCUT2D eigenvalue weighted by atomic mass is 10.0. The van der Waals surface area contributed by atoms with Crippen LogP contribution in [0.1, 0.15) is 36.0 Å². The van der Waals surface area contributed by atoms with Gasteiger partial charge in [0.2, 0.25) is 0 Å². The van der Waals surface area contributed by atoms with Crippen molar-refractivity contribution in [2.75, 3.05) is 7.11 Å². The minimum atomic E-state index is -0.684. The Kier molecular flexibility index (Phi) is 6.77. The molecule has 1 aliphatic rings. The number of halogens is 2. The van der Waals surface area contributed by atoms with Crippen molar-refractivity contribution in [2.45, 2.75) is 25.9 Å². The third kappa shape index (κ3) is 4.89. The average Bonchev–Trinajstić information content (AvgIpc) is 3.47. The van der Waals surface area contributed by atoms with Crippen LogP contribution < -0.4 is 5.73 Å². The predicted octanol–water partition coefficient (Wildman–Crippen LogP) is 4.53.